The van der Waals surface area contributed by atoms with Crippen LogP contribution in [-0.2, 0) is 0 Å². The van der Waals surface area contributed by atoms with Gasteiger partial charge in [-0.1, -0.05) is 43.9 Å². The van der Waals surface area contributed by atoms with Crippen LogP contribution in [0.3, 0.4) is 0 Å². The van der Waals surface area contributed by atoms with Crippen molar-refractivity contribution in [2.45, 2.75) is 44.4 Å². The van der Waals surface area contributed by atoms with E-state index >= 15 is 0 Å². The van der Waals surface area contributed by atoms with Gasteiger partial charge in [0.1, 0.15) is 0 Å². The van der Waals surface area contributed by atoms with Crippen LogP contribution in [0.25, 0.3) is 0 Å². The van der Waals surface area contributed by atoms with Crippen LogP contribution in [0.5, 0.6) is 0 Å². The van der Waals surface area contributed by atoms with Crippen LogP contribution in [0.4, 0.5) is 0 Å². The lowest BCUT2D eigenvalue weighted by Crippen LogP contribution is -2.06. The molecule has 1 N–H and O–H groups in total. The van der Waals surface area contributed by atoms with Gasteiger partial charge >= 0.3 is 5.97 Å². The molecule has 0 radical (unpaired) electrons. The largest absolute Gasteiger partial charge is 0.478 e. The molecule has 0 heterocycles. The fraction of sp³-hybridized carbons (Fsp3) is 0.500. The van der Waals surface area contributed by atoms with Crippen molar-refractivity contribution in [3.63, 3.8) is 0 Å². The summed E-state index contributed by atoms with van der Waals surface area (Å²) >= 11 is 0. The van der Waals surface area contributed by atoms with Crippen molar-refractivity contribution in [2.75, 3.05) is 0 Å². The van der Waals surface area contributed by atoms with E-state index in [1.807, 2.05) is 18.2 Å². The number of benzene rings is 1. The molecule has 2 heteroatoms. The summed E-state index contributed by atoms with van der Waals surface area (Å²) in [6.45, 7) is 0. The van der Waals surface area contributed by atoms with E-state index in [0.29, 0.717) is 11.5 Å². The van der Waals surface area contributed by atoms with Crippen LogP contribution in [0.1, 0.15) is 60.4 Å². The van der Waals surface area contributed by atoms with Gasteiger partial charge < -0.3 is 5.11 Å². The third kappa shape index (κ3) is 2.43. The topological polar surface area (TPSA) is 37.3 Å². The van der Waals surface area contributed by atoms with Crippen molar-refractivity contribution >= 4 is 5.97 Å². The highest BCUT2D eigenvalue weighted by atomic mass is 16.4. The molecule has 0 bridgehead atoms. The van der Waals surface area contributed by atoms with Crippen LogP contribution in [0.15, 0.2) is 24.3 Å². The second-order valence-corrected chi connectivity index (χ2v) is 4.58. The molecule has 1 aliphatic rings. The lowest BCUT2D eigenvalue weighted by molar-refractivity contribution is 0.0695. The SMILES string of the molecule is O=C(O)c1ccccc1C1CCCCCC1. The zero-order valence-electron chi connectivity index (χ0n) is 9.48. The summed E-state index contributed by atoms with van der Waals surface area (Å²) < 4.78 is 0. The van der Waals surface area contributed by atoms with Crippen LogP contribution in [-0.4, -0.2) is 11.1 Å². The smallest absolute Gasteiger partial charge is 0.335 e. The molecule has 86 valence electrons. The van der Waals surface area contributed by atoms with Crippen molar-refractivity contribution in [1.82, 2.24) is 0 Å². The van der Waals surface area contributed by atoms with Crippen molar-refractivity contribution in [3.05, 3.63) is 35.4 Å². The maximum atomic E-state index is 11.2. The summed E-state index contributed by atoms with van der Waals surface area (Å²) in [7, 11) is 0. The van der Waals surface area contributed by atoms with Crippen molar-refractivity contribution in [1.29, 1.82) is 0 Å². The van der Waals surface area contributed by atoms with Gasteiger partial charge in [-0.25, -0.2) is 4.79 Å². The van der Waals surface area contributed by atoms with Gasteiger partial charge in [-0.2, -0.15) is 0 Å². The number of carbonyl (C=O) groups is 1. The normalized spacial score (nSPS) is 18.0. The molecule has 2 nitrogen and oxygen atoms in total. The molecule has 1 aromatic carbocycles. The monoisotopic (exact) mass is 218 g/mol. The number of hydrogen-bond donors (Lipinski definition) is 1. The number of rotatable bonds is 2. The fourth-order valence-electron chi connectivity index (χ4n) is 2.64. The Kier molecular flexibility index (Phi) is 3.60. The summed E-state index contributed by atoms with van der Waals surface area (Å²) in [5.41, 5.74) is 1.53. The molecule has 0 atom stereocenters. The van der Waals surface area contributed by atoms with Crippen LogP contribution < -0.4 is 0 Å². The average molecular weight is 218 g/mol. The number of hydrogen-bond acceptors (Lipinski definition) is 1. The lowest BCUT2D eigenvalue weighted by atomic mass is 9.88. The molecule has 16 heavy (non-hydrogen) atoms. The molecule has 1 fully saturated rings. The third-order valence-corrected chi connectivity index (χ3v) is 3.49. The van der Waals surface area contributed by atoms with E-state index in [4.69, 9.17) is 5.11 Å². The Hall–Kier alpha value is -1.31. The minimum atomic E-state index is -0.792. The molecule has 1 aliphatic carbocycles. The Labute approximate surface area is 96.3 Å². The summed E-state index contributed by atoms with van der Waals surface area (Å²) in [6, 6.07) is 7.47. The first-order valence-electron chi connectivity index (χ1n) is 6.11. The maximum absolute atomic E-state index is 11.2. The van der Waals surface area contributed by atoms with E-state index in [1.165, 1.54) is 25.7 Å². The second kappa shape index (κ2) is 5.15. The summed E-state index contributed by atoms with van der Waals surface area (Å²) in [5.74, 6) is -0.338. The molecule has 0 unspecified atom stereocenters. The van der Waals surface area contributed by atoms with E-state index in [9.17, 15) is 4.79 Å². The highest BCUT2D eigenvalue weighted by Crippen LogP contribution is 2.33. The zero-order valence-corrected chi connectivity index (χ0v) is 9.48. The molecule has 0 aromatic heterocycles. The van der Waals surface area contributed by atoms with E-state index < -0.39 is 5.97 Å². The molecular formula is C14H18O2. The first-order valence-corrected chi connectivity index (χ1v) is 6.11. The Bertz CT molecular complexity index is 363. The molecular weight excluding hydrogens is 200 g/mol. The highest BCUT2D eigenvalue weighted by molar-refractivity contribution is 5.89. The average Bonchev–Trinajstić information content (AvgIpc) is 2.57. The summed E-state index contributed by atoms with van der Waals surface area (Å²) in [4.78, 5) is 11.2. The Morgan fingerprint density at radius 1 is 1.06 bits per heavy atom. The molecule has 1 aromatic rings. The van der Waals surface area contributed by atoms with Gasteiger partial charge in [0.15, 0.2) is 0 Å². The van der Waals surface area contributed by atoms with Crippen LogP contribution in [0, 0.1) is 0 Å². The molecule has 1 saturated carbocycles. The predicted molar refractivity (Wildman–Crippen MR) is 63.8 cm³/mol. The number of carboxylic acid groups (broad SMARTS) is 1. The van der Waals surface area contributed by atoms with Gasteiger partial charge in [0.25, 0.3) is 0 Å². The summed E-state index contributed by atoms with van der Waals surface area (Å²) in [6.07, 6.45) is 7.35. The van der Waals surface area contributed by atoms with E-state index in [0.717, 1.165) is 18.4 Å². The van der Waals surface area contributed by atoms with Crippen molar-refractivity contribution in [2.24, 2.45) is 0 Å². The number of carboxylic acids is 1. The molecule has 0 saturated heterocycles. The standard InChI is InChI=1S/C14H18O2/c15-14(16)13-10-6-5-9-12(13)11-7-3-1-2-4-8-11/h5-6,9-11H,1-4,7-8H2,(H,15,16). The fourth-order valence-corrected chi connectivity index (χ4v) is 2.64. The van der Waals surface area contributed by atoms with Gasteiger partial charge in [0.05, 0.1) is 5.56 Å². The first kappa shape index (κ1) is 11.2. The number of aromatic carboxylic acids is 1. The van der Waals surface area contributed by atoms with Crippen LogP contribution >= 0.6 is 0 Å². The molecule has 2 rings (SSSR count). The highest BCUT2D eigenvalue weighted by Gasteiger charge is 2.19. The van der Waals surface area contributed by atoms with Gasteiger partial charge in [-0.15, -0.1) is 0 Å². The first-order chi connectivity index (χ1) is 7.79. The Balaban J connectivity index is 2.27. The molecule has 0 spiro atoms. The zero-order chi connectivity index (χ0) is 11.4. The van der Waals surface area contributed by atoms with E-state index in [2.05, 4.69) is 0 Å². The van der Waals surface area contributed by atoms with Crippen molar-refractivity contribution < 1.29 is 9.90 Å². The van der Waals surface area contributed by atoms with E-state index in [-0.39, 0.29) is 0 Å². The van der Waals surface area contributed by atoms with Gasteiger partial charge in [0, 0.05) is 0 Å². The minimum absolute atomic E-state index is 0.454. The Morgan fingerprint density at radius 2 is 1.69 bits per heavy atom. The maximum Gasteiger partial charge on any atom is 0.335 e. The summed E-state index contributed by atoms with van der Waals surface area (Å²) in [5, 5.41) is 9.17. The van der Waals surface area contributed by atoms with Gasteiger partial charge in [-0.3, -0.25) is 0 Å². The van der Waals surface area contributed by atoms with Crippen LogP contribution in [0.2, 0.25) is 0 Å². The second-order valence-electron chi connectivity index (χ2n) is 4.58. The Morgan fingerprint density at radius 3 is 2.31 bits per heavy atom. The minimum Gasteiger partial charge on any atom is -0.478 e. The van der Waals surface area contributed by atoms with Gasteiger partial charge in [-0.05, 0) is 30.4 Å². The molecule has 0 amide bonds. The lowest BCUT2D eigenvalue weighted by Gasteiger charge is -2.16. The van der Waals surface area contributed by atoms with Crippen molar-refractivity contribution in [3.8, 4) is 0 Å². The van der Waals surface area contributed by atoms with Gasteiger partial charge in [0.2, 0.25) is 0 Å². The third-order valence-electron chi connectivity index (χ3n) is 3.49. The predicted octanol–water partition coefficient (Wildman–Crippen LogP) is 3.82. The molecule has 0 aliphatic heterocycles. The quantitative estimate of drug-likeness (QED) is 0.766. The van der Waals surface area contributed by atoms with E-state index in [1.54, 1.807) is 6.07 Å².